The molecule has 8 nitrogen and oxygen atoms in total. The third-order valence-electron chi connectivity index (χ3n) is 6.77. The van der Waals surface area contributed by atoms with Gasteiger partial charge in [-0.05, 0) is 68.9 Å². The fourth-order valence-corrected chi connectivity index (χ4v) is 4.48. The van der Waals surface area contributed by atoms with Crippen LogP contribution >= 0.6 is 0 Å². The summed E-state index contributed by atoms with van der Waals surface area (Å²) in [6.07, 6.45) is 1.30. The molecule has 1 atom stereocenters. The van der Waals surface area contributed by atoms with E-state index in [9.17, 15) is 29.0 Å². The van der Waals surface area contributed by atoms with Gasteiger partial charge in [-0.2, -0.15) is 0 Å². The predicted octanol–water partition coefficient (Wildman–Crippen LogP) is 2.39. The molecule has 2 amide bonds. The fourth-order valence-electron chi connectivity index (χ4n) is 4.48. The van der Waals surface area contributed by atoms with Crippen LogP contribution in [0, 0.1) is 11.7 Å². The zero-order valence-electron chi connectivity index (χ0n) is 19.6. The van der Waals surface area contributed by atoms with Gasteiger partial charge in [0.15, 0.2) is 5.78 Å². The van der Waals surface area contributed by atoms with Crippen LogP contribution < -0.4 is 15.5 Å². The lowest BCUT2D eigenvalue weighted by Gasteiger charge is -2.35. The number of hydrogen-bond acceptors (Lipinski definition) is 6. The third-order valence-corrected chi connectivity index (χ3v) is 6.77. The lowest BCUT2D eigenvalue weighted by Crippen LogP contribution is -2.50. The van der Waals surface area contributed by atoms with E-state index < -0.39 is 29.2 Å². The number of aliphatic hydroxyl groups excluding tert-OH is 1. The summed E-state index contributed by atoms with van der Waals surface area (Å²) in [5, 5.41) is 25.0. The van der Waals surface area contributed by atoms with E-state index in [4.69, 9.17) is 0 Å². The van der Waals surface area contributed by atoms with Crippen LogP contribution in [0.1, 0.15) is 53.3 Å². The molecule has 0 spiro atoms. The molecule has 1 aliphatic heterocycles. The molecular weight excluding hydrogens is 453 g/mol. The van der Waals surface area contributed by atoms with Gasteiger partial charge in [0.2, 0.25) is 5.91 Å². The maximum absolute atomic E-state index is 14.4. The third kappa shape index (κ3) is 5.45. The molecular formula is C26H30FN3O5. The van der Waals surface area contributed by atoms with Crippen molar-refractivity contribution in [2.45, 2.75) is 44.2 Å². The van der Waals surface area contributed by atoms with E-state index in [0.717, 1.165) is 12.8 Å². The number of hydrogen-bond donors (Lipinski definition) is 4. The van der Waals surface area contributed by atoms with Crippen molar-refractivity contribution in [3.8, 4) is 5.75 Å². The van der Waals surface area contributed by atoms with Crippen LogP contribution in [0.15, 0.2) is 42.5 Å². The van der Waals surface area contributed by atoms with Crippen LogP contribution in [0.3, 0.4) is 0 Å². The van der Waals surface area contributed by atoms with Crippen molar-refractivity contribution in [1.29, 1.82) is 0 Å². The molecule has 4 rings (SSSR count). The number of amides is 2. The van der Waals surface area contributed by atoms with Crippen molar-refractivity contribution in [3.63, 3.8) is 0 Å². The number of Topliss-reactive ketones (excluding diaryl/α,β-unsaturated/α-hetero) is 1. The molecule has 4 N–H and O–H groups in total. The topological polar surface area (TPSA) is 119 Å². The van der Waals surface area contributed by atoms with Crippen molar-refractivity contribution in [2.24, 2.45) is 5.92 Å². The number of piperidine rings is 1. The van der Waals surface area contributed by atoms with E-state index in [1.54, 1.807) is 24.3 Å². The highest BCUT2D eigenvalue weighted by Gasteiger charge is 2.51. The maximum atomic E-state index is 14.4. The number of phenolic OH excluding ortho intramolecular Hbond substituents is 1. The van der Waals surface area contributed by atoms with E-state index in [1.165, 1.54) is 25.1 Å². The van der Waals surface area contributed by atoms with Crippen LogP contribution in [-0.2, 0) is 4.79 Å². The van der Waals surface area contributed by atoms with Crippen LogP contribution in [-0.4, -0.2) is 59.1 Å². The number of phenols is 1. The Kier molecular flexibility index (Phi) is 7.07. The van der Waals surface area contributed by atoms with Crippen LogP contribution in [0.2, 0.25) is 0 Å². The van der Waals surface area contributed by atoms with Gasteiger partial charge in [0.05, 0.1) is 11.3 Å². The van der Waals surface area contributed by atoms with Crippen molar-refractivity contribution >= 4 is 23.3 Å². The zero-order chi connectivity index (χ0) is 25.2. The van der Waals surface area contributed by atoms with Crippen LogP contribution in [0.25, 0.3) is 0 Å². The SMILES string of the molecule is CC(O)C(=O)c1c(F)cccc1N1CCC(CNC(=O)C2(NC(=O)c3cccc(O)c3)CC2)CC1. The number of nitrogens with one attached hydrogen (secondary N) is 2. The Hall–Kier alpha value is -3.46. The summed E-state index contributed by atoms with van der Waals surface area (Å²) in [4.78, 5) is 39.6. The number of halogens is 1. The van der Waals surface area contributed by atoms with Crippen molar-refractivity contribution < 1.29 is 29.0 Å². The van der Waals surface area contributed by atoms with Gasteiger partial charge in [0.1, 0.15) is 23.2 Å². The molecule has 2 aromatic rings. The van der Waals surface area contributed by atoms with Gasteiger partial charge in [0.25, 0.3) is 5.91 Å². The summed E-state index contributed by atoms with van der Waals surface area (Å²) < 4.78 is 14.4. The molecule has 2 aromatic carbocycles. The summed E-state index contributed by atoms with van der Waals surface area (Å²) in [6, 6.07) is 10.4. The molecule has 1 heterocycles. The van der Waals surface area contributed by atoms with Gasteiger partial charge in [-0.1, -0.05) is 12.1 Å². The van der Waals surface area contributed by atoms with Crippen LogP contribution in [0.4, 0.5) is 10.1 Å². The molecule has 1 aliphatic carbocycles. The fraction of sp³-hybridized carbons (Fsp3) is 0.423. The second kappa shape index (κ2) is 10.0. The molecule has 0 bridgehead atoms. The highest BCUT2D eigenvalue weighted by atomic mass is 19.1. The van der Waals surface area contributed by atoms with Crippen molar-refractivity contribution in [2.75, 3.05) is 24.5 Å². The van der Waals surface area contributed by atoms with Gasteiger partial charge < -0.3 is 25.7 Å². The quantitative estimate of drug-likeness (QED) is 0.428. The van der Waals surface area contributed by atoms with Crippen molar-refractivity contribution in [1.82, 2.24) is 10.6 Å². The van der Waals surface area contributed by atoms with E-state index >= 15 is 0 Å². The zero-order valence-corrected chi connectivity index (χ0v) is 19.6. The van der Waals surface area contributed by atoms with Gasteiger partial charge >= 0.3 is 0 Å². The van der Waals surface area contributed by atoms with E-state index in [0.29, 0.717) is 43.7 Å². The number of carbonyl (C=O) groups is 3. The lowest BCUT2D eigenvalue weighted by atomic mass is 9.94. The number of rotatable bonds is 8. The standard InChI is InChI=1S/C26H30FN3O5/c1-16(31)23(33)22-20(27)6-3-7-21(22)30-12-8-17(9-13-30)15-28-25(35)26(10-11-26)29-24(34)18-4-2-5-19(32)14-18/h2-7,14,16-17,31-32H,8-13,15H2,1H3,(H,28,35)(H,29,34). The summed E-state index contributed by atoms with van der Waals surface area (Å²) in [5.74, 6) is -1.72. The molecule has 1 saturated carbocycles. The monoisotopic (exact) mass is 483 g/mol. The molecule has 1 unspecified atom stereocenters. The minimum atomic E-state index is -1.29. The Morgan fingerprint density at radius 3 is 2.46 bits per heavy atom. The Labute approximate surface area is 203 Å². The first-order valence-corrected chi connectivity index (χ1v) is 11.9. The first kappa shape index (κ1) is 24.7. The lowest BCUT2D eigenvalue weighted by molar-refractivity contribution is -0.124. The number of ketones is 1. The molecule has 9 heteroatoms. The first-order chi connectivity index (χ1) is 16.7. The van der Waals surface area contributed by atoms with Gasteiger partial charge in [0, 0.05) is 25.2 Å². The van der Waals surface area contributed by atoms with E-state index in [-0.39, 0.29) is 23.1 Å². The molecule has 2 fully saturated rings. The summed E-state index contributed by atoms with van der Waals surface area (Å²) >= 11 is 0. The first-order valence-electron chi connectivity index (χ1n) is 11.9. The van der Waals surface area contributed by atoms with Crippen LogP contribution in [0.5, 0.6) is 5.75 Å². The van der Waals surface area contributed by atoms with Gasteiger partial charge in [-0.25, -0.2) is 4.39 Å². The van der Waals surface area contributed by atoms with Gasteiger partial charge in [-0.3, -0.25) is 14.4 Å². The Bertz CT molecular complexity index is 1120. The number of nitrogens with zero attached hydrogens (tertiary/aromatic N) is 1. The average Bonchev–Trinajstić information content (AvgIpc) is 3.63. The molecule has 186 valence electrons. The number of aromatic hydroxyl groups is 1. The average molecular weight is 484 g/mol. The minimum Gasteiger partial charge on any atom is -0.508 e. The predicted molar refractivity (Wildman–Crippen MR) is 128 cm³/mol. The maximum Gasteiger partial charge on any atom is 0.252 e. The molecule has 1 saturated heterocycles. The largest absolute Gasteiger partial charge is 0.508 e. The van der Waals surface area contributed by atoms with E-state index in [1.807, 2.05) is 4.90 Å². The molecule has 0 radical (unpaired) electrons. The summed E-state index contributed by atoms with van der Waals surface area (Å²) in [7, 11) is 0. The van der Waals surface area contributed by atoms with Gasteiger partial charge in [-0.15, -0.1) is 0 Å². The smallest absolute Gasteiger partial charge is 0.252 e. The molecule has 2 aliphatic rings. The number of carbonyl (C=O) groups excluding carboxylic acids is 3. The number of aliphatic hydroxyl groups is 1. The highest BCUT2D eigenvalue weighted by molar-refractivity contribution is 6.04. The Morgan fingerprint density at radius 1 is 1.14 bits per heavy atom. The summed E-state index contributed by atoms with van der Waals surface area (Å²) in [5.41, 5.74) is -0.235. The second-order valence-corrected chi connectivity index (χ2v) is 9.40. The minimum absolute atomic E-state index is 0.0149. The molecule has 35 heavy (non-hydrogen) atoms. The number of anilines is 1. The van der Waals surface area contributed by atoms with E-state index in [2.05, 4.69) is 10.6 Å². The number of benzene rings is 2. The normalized spacial score (nSPS) is 18.0. The Balaban J connectivity index is 1.30. The Morgan fingerprint density at radius 2 is 1.83 bits per heavy atom. The van der Waals surface area contributed by atoms with Crippen molar-refractivity contribution in [3.05, 3.63) is 59.4 Å². The second-order valence-electron chi connectivity index (χ2n) is 9.40. The summed E-state index contributed by atoms with van der Waals surface area (Å²) in [6.45, 7) is 2.96. The highest BCUT2D eigenvalue weighted by Crippen LogP contribution is 2.36. The molecule has 0 aromatic heterocycles.